The minimum absolute atomic E-state index is 0.325. The molecule has 1 heterocycles. The van der Waals surface area contributed by atoms with Gasteiger partial charge < -0.3 is 10.5 Å². The molecule has 0 bridgehead atoms. The van der Waals surface area contributed by atoms with Gasteiger partial charge in [-0.05, 0) is 42.2 Å². The Balaban J connectivity index is 1.88. The van der Waals surface area contributed by atoms with Crippen LogP contribution in [0.2, 0.25) is 0 Å². The lowest BCUT2D eigenvalue weighted by Gasteiger charge is -2.37. The molecule has 0 radical (unpaired) electrons. The highest BCUT2D eigenvalue weighted by molar-refractivity contribution is 5.36. The Hall–Kier alpha value is -1.94. The van der Waals surface area contributed by atoms with E-state index < -0.39 is 11.6 Å². The van der Waals surface area contributed by atoms with Gasteiger partial charge in [-0.1, -0.05) is 18.2 Å². The molecule has 110 valence electrons. The number of hydrogen-bond donors (Lipinski definition) is 1. The van der Waals surface area contributed by atoms with Crippen LogP contribution in [0.15, 0.2) is 42.5 Å². The largest absolute Gasteiger partial charge is 0.493 e. The molecule has 2 aromatic rings. The van der Waals surface area contributed by atoms with Crippen LogP contribution in [-0.4, -0.2) is 13.2 Å². The smallest absolute Gasteiger partial charge is 0.126 e. The number of ether oxygens (including phenoxy) is 1. The van der Waals surface area contributed by atoms with Crippen molar-refractivity contribution >= 4 is 0 Å². The lowest BCUT2D eigenvalue weighted by Crippen LogP contribution is -2.43. The molecule has 0 spiro atoms. The van der Waals surface area contributed by atoms with Gasteiger partial charge in [-0.15, -0.1) is 0 Å². The van der Waals surface area contributed by atoms with Crippen LogP contribution < -0.4 is 10.5 Å². The predicted octanol–water partition coefficient (Wildman–Crippen LogP) is 3.09. The maximum atomic E-state index is 13.3. The van der Waals surface area contributed by atoms with Gasteiger partial charge in [0, 0.05) is 18.0 Å². The molecule has 0 aliphatic carbocycles. The van der Waals surface area contributed by atoms with Gasteiger partial charge in [0.15, 0.2) is 0 Å². The van der Waals surface area contributed by atoms with Crippen molar-refractivity contribution in [3.8, 4) is 5.75 Å². The minimum atomic E-state index is -0.561. The fourth-order valence-corrected chi connectivity index (χ4v) is 2.94. The van der Waals surface area contributed by atoms with E-state index in [4.69, 9.17) is 10.5 Å². The zero-order valence-corrected chi connectivity index (χ0v) is 11.6. The van der Waals surface area contributed by atoms with Crippen molar-refractivity contribution in [1.29, 1.82) is 0 Å². The maximum absolute atomic E-state index is 13.3. The van der Waals surface area contributed by atoms with Gasteiger partial charge in [0.05, 0.1) is 6.61 Å². The number of halogens is 2. The molecule has 2 nitrogen and oxygen atoms in total. The average molecular weight is 289 g/mol. The fourth-order valence-electron chi connectivity index (χ4n) is 2.94. The summed E-state index contributed by atoms with van der Waals surface area (Å²) in [4.78, 5) is 0. The monoisotopic (exact) mass is 289 g/mol. The molecular weight excluding hydrogens is 272 g/mol. The topological polar surface area (TPSA) is 35.2 Å². The van der Waals surface area contributed by atoms with Gasteiger partial charge in [-0.3, -0.25) is 0 Å². The Labute approximate surface area is 122 Å². The summed E-state index contributed by atoms with van der Waals surface area (Å²) >= 11 is 0. The Kier molecular flexibility index (Phi) is 3.64. The number of benzene rings is 2. The highest BCUT2D eigenvalue weighted by Gasteiger charge is 2.35. The quantitative estimate of drug-likeness (QED) is 0.942. The van der Waals surface area contributed by atoms with E-state index in [2.05, 4.69) is 0 Å². The highest BCUT2D eigenvalue weighted by Crippen LogP contribution is 2.36. The average Bonchev–Trinajstić information content (AvgIpc) is 2.46. The molecular formula is C17H17F2NO. The van der Waals surface area contributed by atoms with E-state index in [-0.39, 0.29) is 5.41 Å². The van der Waals surface area contributed by atoms with Crippen molar-refractivity contribution in [3.05, 3.63) is 65.2 Å². The third-order valence-corrected chi connectivity index (χ3v) is 4.01. The van der Waals surface area contributed by atoms with Crippen LogP contribution in [0.4, 0.5) is 8.78 Å². The number of fused-ring (bicyclic) bond motifs is 1. The van der Waals surface area contributed by atoms with E-state index in [0.717, 1.165) is 23.8 Å². The van der Waals surface area contributed by atoms with Crippen molar-refractivity contribution in [2.45, 2.75) is 12.8 Å². The summed E-state index contributed by atoms with van der Waals surface area (Å²) in [7, 11) is 0. The Bertz CT molecular complexity index is 639. The van der Waals surface area contributed by atoms with Crippen molar-refractivity contribution in [1.82, 2.24) is 0 Å². The first-order valence-electron chi connectivity index (χ1n) is 6.96. The Morgan fingerprint density at radius 3 is 2.52 bits per heavy atom. The van der Waals surface area contributed by atoms with Crippen LogP contribution >= 0.6 is 0 Å². The number of rotatable bonds is 3. The SMILES string of the molecule is NCC1(Cc2cc(F)cc(F)c2)COc2ccccc2C1. The molecule has 0 amide bonds. The summed E-state index contributed by atoms with van der Waals surface area (Å²) < 4.78 is 32.5. The van der Waals surface area contributed by atoms with Crippen LogP contribution in [0.25, 0.3) is 0 Å². The number of para-hydroxylation sites is 1. The maximum Gasteiger partial charge on any atom is 0.126 e. The molecule has 2 aromatic carbocycles. The van der Waals surface area contributed by atoms with E-state index in [1.165, 1.54) is 12.1 Å². The Morgan fingerprint density at radius 1 is 1.10 bits per heavy atom. The van der Waals surface area contributed by atoms with E-state index in [1.54, 1.807) is 0 Å². The van der Waals surface area contributed by atoms with Crippen molar-refractivity contribution in [3.63, 3.8) is 0 Å². The first kappa shape index (κ1) is 14.0. The second-order valence-electron chi connectivity index (χ2n) is 5.73. The third-order valence-electron chi connectivity index (χ3n) is 4.01. The molecule has 0 fully saturated rings. The lowest BCUT2D eigenvalue weighted by molar-refractivity contribution is 0.126. The van der Waals surface area contributed by atoms with Crippen LogP contribution in [0, 0.1) is 17.0 Å². The van der Waals surface area contributed by atoms with Crippen LogP contribution in [-0.2, 0) is 12.8 Å². The molecule has 1 aliphatic rings. The van der Waals surface area contributed by atoms with Crippen LogP contribution in [0.1, 0.15) is 11.1 Å². The molecule has 0 saturated carbocycles. The predicted molar refractivity (Wildman–Crippen MR) is 77.2 cm³/mol. The Morgan fingerprint density at radius 2 is 1.81 bits per heavy atom. The van der Waals surface area contributed by atoms with Gasteiger partial charge in [0.25, 0.3) is 0 Å². The van der Waals surface area contributed by atoms with Crippen LogP contribution in [0.3, 0.4) is 0 Å². The van der Waals surface area contributed by atoms with Gasteiger partial charge in [-0.25, -0.2) is 8.78 Å². The van der Waals surface area contributed by atoms with Gasteiger partial charge in [0.1, 0.15) is 17.4 Å². The molecule has 1 aliphatic heterocycles. The van der Waals surface area contributed by atoms with E-state index in [9.17, 15) is 8.78 Å². The molecule has 0 aromatic heterocycles. The molecule has 1 unspecified atom stereocenters. The lowest BCUT2D eigenvalue weighted by atomic mass is 9.75. The summed E-state index contributed by atoms with van der Waals surface area (Å²) in [5.74, 6) is -0.254. The van der Waals surface area contributed by atoms with Gasteiger partial charge in [-0.2, -0.15) is 0 Å². The summed E-state index contributed by atoms with van der Waals surface area (Å²) in [6, 6.07) is 11.4. The van der Waals surface area contributed by atoms with Gasteiger partial charge >= 0.3 is 0 Å². The third kappa shape index (κ3) is 2.90. The number of hydrogen-bond acceptors (Lipinski definition) is 2. The van der Waals surface area contributed by atoms with Gasteiger partial charge in [0.2, 0.25) is 0 Å². The first-order valence-corrected chi connectivity index (χ1v) is 6.96. The molecule has 3 rings (SSSR count). The second-order valence-corrected chi connectivity index (χ2v) is 5.73. The normalized spacial score (nSPS) is 20.7. The second kappa shape index (κ2) is 5.45. The molecule has 2 N–H and O–H groups in total. The first-order chi connectivity index (χ1) is 10.1. The van der Waals surface area contributed by atoms with E-state index in [1.807, 2.05) is 24.3 Å². The molecule has 21 heavy (non-hydrogen) atoms. The minimum Gasteiger partial charge on any atom is -0.493 e. The molecule has 0 saturated heterocycles. The fraction of sp³-hybridized carbons (Fsp3) is 0.294. The van der Waals surface area contributed by atoms with Crippen molar-refractivity contribution in [2.75, 3.05) is 13.2 Å². The highest BCUT2D eigenvalue weighted by atomic mass is 19.1. The summed E-state index contributed by atoms with van der Waals surface area (Å²) in [6.07, 6.45) is 1.24. The van der Waals surface area contributed by atoms with E-state index >= 15 is 0 Å². The standard InChI is InChI=1S/C17H17F2NO/c18-14-5-12(6-15(19)7-14)8-17(10-20)9-13-3-1-2-4-16(13)21-11-17/h1-7H,8-11,20H2. The molecule has 4 heteroatoms. The van der Waals surface area contributed by atoms with Crippen molar-refractivity contribution in [2.24, 2.45) is 11.1 Å². The number of nitrogens with two attached hydrogens (primary N) is 1. The zero-order chi connectivity index (χ0) is 14.9. The summed E-state index contributed by atoms with van der Waals surface area (Å²) in [6.45, 7) is 0.859. The van der Waals surface area contributed by atoms with E-state index in [0.29, 0.717) is 25.1 Å². The molecule has 1 atom stereocenters. The summed E-state index contributed by atoms with van der Waals surface area (Å²) in [5, 5.41) is 0. The zero-order valence-electron chi connectivity index (χ0n) is 11.6. The summed E-state index contributed by atoms with van der Waals surface area (Å²) in [5.41, 5.74) is 7.33. The van der Waals surface area contributed by atoms with Crippen molar-refractivity contribution < 1.29 is 13.5 Å². The van der Waals surface area contributed by atoms with Crippen LogP contribution in [0.5, 0.6) is 5.75 Å².